The Bertz CT molecular complexity index is 354. The van der Waals surface area contributed by atoms with Crippen LogP contribution in [-0.4, -0.2) is 17.7 Å². The van der Waals surface area contributed by atoms with Crippen molar-refractivity contribution in [2.24, 2.45) is 0 Å². The lowest BCUT2D eigenvalue weighted by atomic mass is 10.1. The zero-order valence-corrected chi connectivity index (χ0v) is 9.60. The third-order valence-electron chi connectivity index (χ3n) is 1.89. The average Bonchev–Trinajstić information content (AvgIpc) is 2.14. The quantitative estimate of drug-likeness (QED) is 0.834. The summed E-state index contributed by atoms with van der Waals surface area (Å²) in [5.41, 5.74) is 1.72. The molecule has 0 atom stereocenters. The lowest BCUT2D eigenvalue weighted by Crippen LogP contribution is -2.09. The van der Waals surface area contributed by atoms with Gasteiger partial charge >= 0.3 is 5.97 Å². The summed E-state index contributed by atoms with van der Waals surface area (Å²) < 4.78 is 5.00. The van der Waals surface area contributed by atoms with Gasteiger partial charge in [0.1, 0.15) is 5.75 Å². The van der Waals surface area contributed by atoms with Gasteiger partial charge in [-0.25, -0.2) is 4.79 Å². The number of aryl methyl sites for hydroxylation is 1. The first-order valence-electron chi connectivity index (χ1n) is 4.24. The number of carboxylic acids is 1. The Labute approximate surface area is 97.6 Å². The van der Waals surface area contributed by atoms with Crippen molar-refractivity contribution in [1.29, 1.82) is 0 Å². The number of benzene rings is 1. The molecule has 0 aliphatic carbocycles. The van der Waals surface area contributed by atoms with Gasteiger partial charge in [0.25, 0.3) is 0 Å². The molecule has 0 bridgehead atoms. The number of halogens is 2. The third kappa shape index (κ3) is 3.29. The summed E-state index contributed by atoms with van der Waals surface area (Å²) in [7, 11) is 0. The monoisotopic (exact) mass is 248 g/mol. The van der Waals surface area contributed by atoms with Crippen LogP contribution in [0.4, 0.5) is 0 Å². The Hall–Kier alpha value is -0.930. The lowest BCUT2D eigenvalue weighted by Gasteiger charge is -2.09. The third-order valence-corrected chi connectivity index (χ3v) is 2.49. The molecule has 1 aromatic carbocycles. The van der Waals surface area contributed by atoms with E-state index in [0.717, 1.165) is 11.1 Å². The van der Waals surface area contributed by atoms with Gasteiger partial charge in [0.05, 0.1) is 0 Å². The lowest BCUT2D eigenvalue weighted by molar-refractivity contribution is -0.139. The number of hydrogen-bond donors (Lipinski definition) is 1. The van der Waals surface area contributed by atoms with E-state index in [0.29, 0.717) is 16.7 Å². The molecule has 0 radical (unpaired) electrons. The van der Waals surface area contributed by atoms with E-state index in [1.165, 1.54) is 0 Å². The molecule has 0 saturated heterocycles. The van der Waals surface area contributed by atoms with Gasteiger partial charge in [-0.1, -0.05) is 11.6 Å². The molecule has 0 spiro atoms. The van der Waals surface area contributed by atoms with Crippen molar-refractivity contribution in [3.63, 3.8) is 0 Å². The van der Waals surface area contributed by atoms with Crippen molar-refractivity contribution >= 4 is 29.2 Å². The van der Waals surface area contributed by atoms with Crippen LogP contribution >= 0.6 is 23.2 Å². The number of carbonyl (C=O) groups is 1. The molecular weight excluding hydrogens is 239 g/mol. The topological polar surface area (TPSA) is 46.5 Å². The van der Waals surface area contributed by atoms with Crippen LogP contribution in [0.1, 0.15) is 11.1 Å². The van der Waals surface area contributed by atoms with Gasteiger partial charge in [-0.05, 0) is 30.2 Å². The number of ether oxygens (including phenoxy) is 1. The Morgan fingerprint density at radius 1 is 1.53 bits per heavy atom. The minimum Gasteiger partial charge on any atom is -0.482 e. The standard InChI is InChI=1S/C10H10Cl2O3/c1-6-2-7(15-5-10(13)14)3-9(12)8(6)4-11/h2-3H,4-5H2,1H3,(H,13,14). The minimum absolute atomic E-state index is 0.323. The van der Waals surface area contributed by atoms with Crippen molar-refractivity contribution in [3.8, 4) is 5.75 Å². The zero-order valence-electron chi connectivity index (χ0n) is 8.09. The van der Waals surface area contributed by atoms with Gasteiger partial charge in [0.2, 0.25) is 0 Å². The van der Waals surface area contributed by atoms with E-state index in [-0.39, 0.29) is 6.61 Å². The molecule has 1 rings (SSSR count). The van der Waals surface area contributed by atoms with Gasteiger partial charge in [-0.15, -0.1) is 11.6 Å². The van der Waals surface area contributed by atoms with E-state index < -0.39 is 5.97 Å². The first kappa shape index (κ1) is 12.1. The highest BCUT2D eigenvalue weighted by Gasteiger charge is 2.07. The fourth-order valence-electron chi connectivity index (χ4n) is 1.14. The van der Waals surface area contributed by atoms with Crippen LogP contribution in [0.25, 0.3) is 0 Å². The summed E-state index contributed by atoms with van der Waals surface area (Å²) in [5, 5.41) is 8.93. The highest BCUT2D eigenvalue weighted by molar-refractivity contribution is 6.32. The molecule has 15 heavy (non-hydrogen) atoms. The fourth-order valence-corrected chi connectivity index (χ4v) is 1.89. The predicted molar refractivity (Wildman–Crippen MR) is 58.9 cm³/mol. The Morgan fingerprint density at radius 3 is 2.67 bits per heavy atom. The molecule has 82 valence electrons. The largest absolute Gasteiger partial charge is 0.482 e. The van der Waals surface area contributed by atoms with Crippen LogP contribution in [0.5, 0.6) is 5.75 Å². The van der Waals surface area contributed by atoms with Crippen molar-refractivity contribution in [2.45, 2.75) is 12.8 Å². The van der Waals surface area contributed by atoms with Gasteiger partial charge in [0.15, 0.2) is 6.61 Å². The van der Waals surface area contributed by atoms with Crippen LogP contribution in [-0.2, 0) is 10.7 Å². The number of aliphatic carboxylic acids is 1. The van der Waals surface area contributed by atoms with E-state index in [1.807, 2.05) is 6.92 Å². The zero-order chi connectivity index (χ0) is 11.4. The summed E-state index contributed by atoms with van der Waals surface area (Å²) in [6, 6.07) is 3.28. The highest BCUT2D eigenvalue weighted by Crippen LogP contribution is 2.27. The molecule has 1 N–H and O–H groups in total. The SMILES string of the molecule is Cc1cc(OCC(=O)O)cc(Cl)c1CCl. The Kier molecular flexibility index (Phi) is 4.24. The first-order valence-corrected chi connectivity index (χ1v) is 5.15. The molecule has 0 aliphatic heterocycles. The Balaban J connectivity index is 2.88. The maximum atomic E-state index is 10.3. The summed E-state index contributed by atoms with van der Waals surface area (Å²) in [5.74, 6) is -0.261. The van der Waals surface area contributed by atoms with E-state index in [1.54, 1.807) is 12.1 Å². The van der Waals surface area contributed by atoms with Crippen LogP contribution in [0.3, 0.4) is 0 Å². The number of alkyl halides is 1. The van der Waals surface area contributed by atoms with E-state index in [4.69, 9.17) is 33.0 Å². The second kappa shape index (κ2) is 5.24. The maximum absolute atomic E-state index is 10.3. The second-order valence-electron chi connectivity index (χ2n) is 3.02. The van der Waals surface area contributed by atoms with Crippen LogP contribution in [0, 0.1) is 6.92 Å². The van der Waals surface area contributed by atoms with Crippen LogP contribution in [0.15, 0.2) is 12.1 Å². The second-order valence-corrected chi connectivity index (χ2v) is 3.69. The van der Waals surface area contributed by atoms with Crippen molar-refractivity contribution in [2.75, 3.05) is 6.61 Å². The molecule has 1 aromatic rings. The van der Waals surface area contributed by atoms with Crippen molar-refractivity contribution in [1.82, 2.24) is 0 Å². The first-order chi connectivity index (χ1) is 7.04. The smallest absolute Gasteiger partial charge is 0.341 e. The van der Waals surface area contributed by atoms with E-state index in [9.17, 15) is 4.79 Å². The van der Waals surface area contributed by atoms with Crippen LogP contribution < -0.4 is 4.74 Å². The van der Waals surface area contributed by atoms with E-state index >= 15 is 0 Å². The molecule has 3 nitrogen and oxygen atoms in total. The predicted octanol–water partition coefficient (Wildman–Crippen LogP) is 2.85. The summed E-state index contributed by atoms with van der Waals surface area (Å²) in [6.07, 6.45) is 0. The molecule has 0 unspecified atom stereocenters. The van der Waals surface area contributed by atoms with Gasteiger partial charge in [0, 0.05) is 10.9 Å². The van der Waals surface area contributed by atoms with Gasteiger partial charge < -0.3 is 9.84 Å². The summed E-state index contributed by atoms with van der Waals surface area (Å²) >= 11 is 11.6. The summed E-state index contributed by atoms with van der Waals surface area (Å²) in [6.45, 7) is 1.47. The maximum Gasteiger partial charge on any atom is 0.341 e. The van der Waals surface area contributed by atoms with Crippen LogP contribution in [0.2, 0.25) is 5.02 Å². The average molecular weight is 249 g/mol. The highest BCUT2D eigenvalue weighted by atomic mass is 35.5. The number of hydrogen-bond acceptors (Lipinski definition) is 2. The molecule has 0 fully saturated rings. The van der Waals surface area contributed by atoms with Gasteiger partial charge in [-0.3, -0.25) is 0 Å². The number of carboxylic acid groups (broad SMARTS) is 1. The fraction of sp³-hybridized carbons (Fsp3) is 0.300. The van der Waals surface area contributed by atoms with E-state index in [2.05, 4.69) is 0 Å². The number of rotatable bonds is 4. The molecule has 0 aromatic heterocycles. The molecule has 0 aliphatic rings. The molecule has 0 amide bonds. The minimum atomic E-state index is -1.02. The molecule has 0 saturated carbocycles. The summed E-state index contributed by atoms with van der Waals surface area (Å²) in [4.78, 5) is 10.3. The molecule has 5 heteroatoms. The normalized spacial score (nSPS) is 10.1. The molecular formula is C10H10Cl2O3. The van der Waals surface area contributed by atoms with Crippen molar-refractivity contribution < 1.29 is 14.6 Å². The van der Waals surface area contributed by atoms with Gasteiger partial charge in [-0.2, -0.15) is 0 Å². The Morgan fingerprint density at radius 2 is 2.20 bits per heavy atom. The van der Waals surface area contributed by atoms with Crippen molar-refractivity contribution in [3.05, 3.63) is 28.3 Å². The molecule has 0 heterocycles.